The number of ether oxygens (including phenoxy) is 1. The van der Waals surface area contributed by atoms with Gasteiger partial charge < -0.3 is 24.8 Å². The molecule has 0 unspecified atom stereocenters. The van der Waals surface area contributed by atoms with E-state index < -0.39 is 29.7 Å². The van der Waals surface area contributed by atoms with Gasteiger partial charge in [-0.2, -0.15) is 0 Å². The number of likely N-dealkylation sites (tertiary alicyclic amines) is 1. The Labute approximate surface area is 308 Å². The lowest BCUT2D eigenvalue weighted by Gasteiger charge is -2.36. The number of fused-ring (bicyclic) bond motifs is 2. The molecule has 1 aliphatic carbocycles. The van der Waals surface area contributed by atoms with Crippen molar-refractivity contribution in [3.05, 3.63) is 71.6 Å². The molecule has 3 fully saturated rings. The molecule has 54 heavy (non-hydrogen) atoms. The molecule has 4 aliphatic rings. The lowest BCUT2D eigenvalue weighted by molar-refractivity contribution is -0.136. The number of piperidine rings is 2. The molecular weight excluding hydrogens is 696 g/mol. The number of imidazole rings is 1. The summed E-state index contributed by atoms with van der Waals surface area (Å²) in [6.45, 7) is 3.22. The average molecular weight is 735 g/mol. The number of aryl methyl sites for hydroxylation is 1. The van der Waals surface area contributed by atoms with Crippen molar-refractivity contribution in [3.8, 4) is 5.75 Å². The third kappa shape index (κ3) is 6.60. The number of nitrogens with one attached hydrogen (secondary N) is 3. The summed E-state index contributed by atoms with van der Waals surface area (Å²) in [5.74, 6) is -1.90. The number of benzene rings is 1. The Balaban J connectivity index is 0.811. The van der Waals surface area contributed by atoms with Gasteiger partial charge in [0.25, 0.3) is 23.6 Å². The number of hydrogen-bond acceptors (Lipinski definition) is 12. The van der Waals surface area contributed by atoms with Gasteiger partial charge in [0.15, 0.2) is 18.1 Å². The van der Waals surface area contributed by atoms with Crippen molar-refractivity contribution in [2.45, 2.75) is 63.6 Å². The van der Waals surface area contributed by atoms with Crippen LogP contribution in [0.4, 0.5) is 5.82 Å². The second-order valence-electron chi connectivity index (χ2n) is 14.1. The molecule has 3 N–H and O–H groups in total. The number of anilines is 1. The Morgan fingerprint density at radius 1 is 0.963 bits per heavy atom. The molecule has 0 bridgehead atoms. The van der Waals surface area contributed by atoms with Crippen LogP contribution in [0, 0.1) is 12.8 Å². The molecule has 3 aromatic heterocycles. The van der Waals surface area contributed by atoms with E-state index in [2.05, 4.69) is 35.9 Å². The average Bonchev–Trinajstić information content (AvgIpc) is 3.69. The molecule has 4 aromatic rings. The normalized spacial score (nSPS) is 21.5. The first kappa shape index (κ1) is 34.8. The summed E-state index contributed by atoms with van der Waals surface area (Å²) in [7, 11) is 0. The van der Waals surface area contributed by atoms with Crippen LogP contribution in [0.1, 0.15) is 81.5 Å². The second-order valence-corrected chi connectivity index (χ2v) is 14.1. The molecule has 6 amide bonds. The Bertz CT molecular complexity index is 2190. The highest BCUT2D eigenvalue weighted by Gasteiger charge is 2.46. The number of rotatable bonds is 10. The van der Waals surface area contributed by atoms with Crippen molar-refractivity contribution >= 4 is 52.4 Å². The Hall–Kier alpha value is -6.26. The van der Waals surface area contributed by atoms with Gasteiger partial charge in [-0.1, -0.05) is 12.1 Å². The summed E-state index contributed by atoms with van der Waals surface area (Å²) < 4.78 is 7.84. The number of carbonyl (C=O) groups is 6. The van der Waals surface area contributed by atoms with Gasteiger partial charge in [0.1, 0.15) is 29.3 Å². The maximum atomic E-state index is 13.3. The number of carbonyl (C=O) groups excluding carboxylic acids is 6. The fourth-order valence-corrected chi connectivity index (χ4v) is 7.57. The molecule has 278 valence electrons. The minimum atomic E-state index is -1.09. The van der Waals surface area contributed by atoms with Crippen LogP contribution in [0.3, 0.4) is 0 Å². The number of nitrogens with zero attached hydrogens (tertiary/aromatic N) is 7. The number of aromatic nitrogens is 5. The molecule has 1 saturated carbocycles. The fourth-order valence-electron chi connectivity index (χ4n) is 7.57. The predicted octanol–water partition coefficient (Wildman–Crippen LogP) is 1.79. The Morgan fingerprint density at radius 2 is 1.76 bits per heavy atom. The van der Waals surface area contributed by atoms with E-state index >= 15 is 0 Å². The highest BCUT2D eigenvalue weighted by molar-refractivity contribution is 6.24. The van der Waals surface area contributed by atoms with E-state index in [0.29, 0.717) is 36.7 Å². The second kappa shape index (κ2) is 14.3. The summed E-state index contributed by atoms with van der Waals surface area (Å²) in [4.78, 5) is 96.7. The first-order valence-electron chi connectivity index (χ1n) is 18.1. The van der Waals surface area contributed by atoms with Crippen molar-refractivity contribution in [3.63, 3.8) is 0 Å². The zero-order chi connectivity index (χ0) is 37.5. The molecule has 3 aliphatic heterocycles. The van der Waals surface area contributed by atoms with E-state index in [1.165, 1.54) is 18.5 Å². The summed E-state index contributed by atoms with van der Waals surface area (Å²) >= 11 is 0. The van der Waals surface area contributed by atoms with E-state index in [1.807, 2.05) is 23.6 Å². The third-order valence-corrected chi connectivity index (χ3v) is 10.6. The van der Waals surface area contributed by atoms with E-state index in [0.717, 1.165) is 41.9 Å². The van der Waals surface area contributed by atoms with Crippen LogP contribution in [0.5, 0.6) is 5.75 Å². The quantitative estimate of drug-likeness (QED) is 0.199. The summed E-state index contributed by atoms with van der Waals surface area (Å²) in [6.07, 6.45) is 6.37. The highest BCUT2D eigenvalue weighted by atomic mass is 16.5. The lowest BCUT2D eigenvalue weighted by atomic mass is 9.86. The molecule has 0 radical (unpaired) electrons. The van der Waals surface area contributed by atoms with E-state index in [4.69, 9.17) is 4.74 Å². The van der Waals surface area contributed by atoms with E-state index in [9.17, 15) is 28.8 Å². The first-order valence-corrected chi connectivity index (χ1v) is 18.1. The predicted molar refractivity (Wildman–Crippen MR) is 190 cm³/mol. The van der Waals surface area contributed by atoms with Crippen LogP contribution >= 0.6 is 0 Å². The van der Waals surface area contributed by atoms with Gasteiger partial charge in [-0.3, -0.25) is 39.0 Å². The molecule has 17 nitrogen and oxygen atoms in total. The Morgan fingerprint density at radius 3 is 2.54 bits per heavy atom. The van der Waals surface area contributed by atoms with E-state index in [1.54, 1.807) is 23.4 Å². The topological polar surface area (TPSA) is 211 Å². The fraction of sp³-hybridized carbons (Fsp3) is 0.405. The maximum absolute atomic E-state index is 13.3. The zero-order valence-corrected chi connectivity index (χ0v) is 29.5. The molecule has 1 aromatic carbocycles. The van der Waals surface area contributed by atoms with Crippen molar-refractivity contribution in [1.29, 1.82) is 0 Å². The van der Waals surface area contributed by atoms with Crippen LogP contribution in [-0.2, 0) is 14.4 Å². The molecule has 1 atom stereocenters. The van der Waals surface area contributed by atoms with Gasteiger partial charge in [-0.25, -0.2) is 19.9 Å². The van der Waals surface area contributed by atoms with Crippen LogP contribution < -0.4 is 20.7 Å². The number of pyridine rings is 1. The third-order valence-electron chi connectivity index (χ3n) is 10.6. The number of hydrogen-bond donors (Lipinski definition) is 3. The standard InChI is InChI=1S/C37H38N10O7/c1-20-4-2-6-25(42-20)34(50)43-22-14-23(15-22)46-19-41-31-32(39-18-40-33(31)46)38-16-21-10-12-45(13-11-21)29(49)17-54-27-7-3-5-24-30(27)37(53)47(36(24)52)26-8-9-28(48)44-35(26)51/h2-7,18-19,21-23,26H,8-17H2,1H3,(H,43,50)(H,38,39,40)(H,44,48,51)/t22?,23?,26-/m0/s1. The molecule has 6 heterocycles. The lowest BCUT2D eigenvalue weighted by Crippen LogP contribution is -2.54. The number of amides is 6. The summed E-state index contributed by atoms with van der Waals surface area (Å²) in [5.41, 5.74) is 2.69. The van der Waals surface area contributed by atoms with Crippen molar-refractivity contribution in [1.82, 2.24) is 44.9 Å². The SMILES string of the molecule is Cc1cccc(C(=O)NC2CC(n3cnc4c(NCC5CCN(C(=O)COc6cccc7c6C(=O)N([C@H]6CCC(=O)NC6=O)C7=O)CC5)ncnc43)C2)n1. The largest absolute Gasteiger partial charge is 0.483 e. The van der Waals surface area contributed by atoms with Gasteiger partial charge in [-0.05, 0) is 69.2 Å². The smallest absolute Gasteiger partial charge is 0.270 e. The van der Waals surface area contributed by atoms with Gasteiger partial charge in [0.05, 0.1) is 17.5 Å². The molecule has 8 rings (SSSR count). The minimum absolute atomic E-state index is 0.00508. The Kier molecular flexibility index (Phi) is 9.21. The summed E-state index contributed by atoms with van der Waals surface area (Å²) in [5, 5.41) is 8.68. The molecular formula is C37H38N10O7. The van der Waals surface area contributed by atoms with Crippen LogP contribution in [0.15, 0.2) is 49.1 Å². The van der Waals surface area contributed by atoms with Gasteiger partial charge in [-0.15, -0.1) is 0 Å². The maximum Gasteiger partial charge on any atom is 0.270 e. The van der Waals surface area contributed by atoms with Gasteiger partial charge in [0, 0.05) is 43.8 Å². The van der Waals surface area contributed by atoms with Crippen LogP contribution in [0.2, 0.25) is 0 Å². The van der Waals surface area contributed by atoms with Crippen molar-refractivity contribution < 1.29 is 33.5 Å². The monoisotopic (exact) mass is 734 g/mol. The van der Waals surface area contributed by atoms with Crippen LogP contribution in [0.25, 0.3) is 11.2 Å². The minimum Gasteiger partial charge on any atom is -0.483 e. The van der Waals surface area contributed by atoms with Crippen molar-refractivity contribution in [2.75, 3.05) is 31.6 Å². The van der Waals surface area contributed by atoms with Gasteiger partial charge >= 0.3 is 0 Å². The molecule has 2 saturated heterocycles. The zero-order valence-electron chi connectivity index (χ0n) is 29.5. The molecule has 17 heteroatoms. The molecule has 0 spiro atoms. The number of imide groups is 2. The van der Waals surface area contributed by atoms with E-state index in [-0.39, 0.29) is 66.1 Å². The summed E-state index contributed by atoms with van der Waals surface area (Å²) in [6, 6.07) is 9.04. The van der Waals surface area contributed by atoms with Crippen LogP contribution in [-0.4, -0.2) is 108 Å². The van der Waals surface area contributed by atoms with Crippen molar-refractivity contribution in [2.24, 2.45) is 5.92 Å². The highest BCUT2D eigenvalue weighted by Crippen LogP contribution is 2.36. The first-order chi connectivity index (χ1) is 26.1. The van der Waals surface area contributed by atoms with Gasteiger partial charge in [0.2, 0.25) is 11.8 Å².